The first-order valence-corrected chi connectivity index (χ1v) is 6.38. The van der Waals surface area contributed by atoms with E-state index < -0.39 is 10.8 Å². The summed E-state index contributed by atoms with van der Waals surface area (Å²) < 4.78 is 0. The average molecular weight is 327 g/mol. The third-order valence-electron chi connectivity index (χ3n) is 2.62. The largest absolute Gasteiger partial charge is 0.507 e. The minimum Gasteiger partial charge on any atom is -0.507 e. The lowest BCUT2D eigenvalue weighted by Crippen LogP contribution is -2.12. The summed E-state index contributed by atoms with van der Waals surface area (Å²) >= 11 is 11.6. The normalized spacial score (nSPS) is 10.2. The Kier molecular flexibility index (Phi) is 4.30. The van der Waals surface area contributed by atoms with Crippen LogP contribution >= 0.6 is 23.2 Å². The molecule has 2 aromatic carbocycles. The number of nitro groups is 1. The van der Waals surface area contributed by atoms with E-state index in [0.717, 1.165) is 0 Å². The van der Waals surface area contributed by atoms with Gasteiger partial charge in [0.25, 0.3) is 11.6 Å². The van der Waals surface area contributed by atoms with Crippen molar-refractivity contribution in [2.75, 3.05) is 5.32 Å². The number of nitro benzene ring substituents is 1. The van der Waals surface area contributed by atoms with E-state index in [9.17, 15) is 20.0 Å². The number of aromatic hydroxyl groups is 1. The van der Waals surface area contributed by atoms with Gasteiger partial charge in [0, 0.05) is 11.8 Å². The number of nitrogens with zero attached hydrogens (tertiary/aromatic N) is 1. The van der Waals surface area contributed by atoms with Gasteiger partial charge in [-0.15, -0.1) is 0 Å². The molecule has 2 rings (SSSR count). The molecule has 0 bridgehead atoms. The van der Waals surface area contributed by atoms with Crippen molar-refractivity contribution in [3.63, 3.8) is 0 Å². The molecular formula is C13H8Cl2N2O4. The Hall–Kier alpha value is -2.31. The molecule has 0 aliphatic heterocycles. The van der Waals surface area contributed by atoms with Gasteiger partial charge >= 0.3 is 0 Å². The van der Waals surface area contributed by atoms with E-state index in [0.29, 0.717) is 0 Å². The van der Waals surface area contributed by atoms with Crippen molar-refractivity contribution in [1.29, 1.82) is 0 Å². The fraction of sp³-hybridized carbons (Fsp3) is 0. The summed E-state index contributed by atoms with van der Waals surface area (Å²) in [6, 6.07) is 8.02. The highest BCUT2D eigenvalue weighted by Gasteiger charge is 2.17. The molecule has 0 heterocycles. The first-order valence-electron chi connectivity index (χ1n) is 5.63. The molecule has 8 heteroatoms. The first kappa shape index (κ1) is 15.1. The van der Waals surface area contributed by atoms with Gasteiger partial charge in [0.05, 0.1) is 9.95 Å². The van der Waals surface area contributed by atoms with Crippen molar-refractivity contribution in [3.8, 4) is 5.75 Å². The predicted molar refractivity (Wildman–Crippen MR) is 79.2 cm³/mol. The number of amides is 1. The van der Waals surface area contributed by atoms with Crippen molar-refractivity contribution in [2.45, 2.75) is 0 Å². The van der Waals surface area contributed by atoms with E-state index in [4.69, 9.17) is 23.2 Å². The standard InChI is InChI=1S/C13H8Cl2N2O4/c14-8-2-1-3-11(18)12(8)13(19)16-7-4-5-10(17(20)21)9(15)6-7/h1-6,18H,(H,16,19). The van der Waals surface area contributed by atoms with Crippen molar-refractivity contribution >= 4 is 40.5 Å². The van der Waals surface area contributed by atoms with Crippen molar-refractivity contribution in [1.82, 2.24) is 0 Å². The summed E-state index contributed by atoms with van der Waals surface area (Å²) in [6.07, 6.45) is 0. The van der Waals surface area contributed by atoms with Crippen molar-refractivity contribution in [3.05, 3.63) is 62.1 Å². The molecule has 0 aromatic heterocycles. The van der Waals surface area contributed by atoms with Gasteiger partial charge in [-0.2, -0.15) is 0 Å². The number of nitrogens with one attached hydrogen (secondary N) is 1. The number of hydrogen-bond acceptors (Lipinski definition) is 4. The minimum absolute atomic E-state index is 0.0838. The summed E-state index contributed by atoms with van der Waals surface area (Å²) in [5, 5.41) is 22.7. The second-order valence-corrected chi connectivity index (χ2v) is 4.83. The Morgan fingerprint density at radius 1 is 1.19 bits per heavy atom. The number of benzene rings is 2. The zero-order chi connectivity index (χ0) is 15.6. The van der Waals surface area contributed by atoms with E-state index >= 15 is 0 Å². The van der Waals surface area contributed by atoms with Crippen LogP contribution in [0.15, 0.2) is 36.4 Å². The number of hydrogen-bond donors (Lipinski definition) is 2. The van der Waals surface area contributed by atoms with Gasteiger partial charge in [0.2, 0.25) is 0 Å². The van der Waals surface area contributed by atoms with Crippen LogP contribution in [0.1, 0.15) is 10.4 Å². The maximum absolute atomic E-state index is 12.1. The van der Waals surface area contributed by atoms with Gasteiger partial charge in [0.15, 0.2) is 0 Å². The van der Waals surface area contributed by atoms with E-state index in [1.165, 1.54) is 36.4 Å². The molecule has 0 saturated heterocycles. The third-order valence-corrected chi connectivity index (χ3v) is 3.24. The third kappa shape index (κ3) is 3.24. The van der Waals surface area contributed by atoms with Crippen LogP contribution in [0.3, 0.4) is 0 Å². The molecule has 0 aliphatic carbocycles. The number of carbonyl (C=O) groups excluding carboxylic acids is 1. The molecular weight excluding hydrogens is 319 g/mol. The molecule has 0 radical (unpaired) electrons. The maximum Gasteiger partial charge on any atom is 0.288 e. The SMILES string of the molecule is O=C(Nc1ccc([N+](=O)[O-])c(Cl)c1)c1c(O)cccc1Cl. The van der Waals surface area contributed by atoms with Gasteiger partial charge in [-0.25, -0.2) is 0 Å². The summed E-state index contributed by atoms with van der Waals surface area (Å²) in [5.74, 6) is -0.920. The fourth-order valence-corrected chi connectivity index (χ4v) is 2.17. The topological polar surface area (TPSA) is 92.5 Å². The summed E-state index contributed by atoms with van der Waals surface area (Å²) in [7, 11) is 0. The molecule has 0 aliphatic rings. The second kappa shape index (κ2) is 5.99. The Labute approximate surface area is 129 Å². The smallest absolute Gasteiger partial charge is 0.288 e. The van der Waals surface area contributed by atoms with E-state index in [2.05, 4.69) is 5.32 Å². The van der Waals surface area contributed by atoms with Gasteiger partial charge in [-0.1, -0.05) is 29.3 Å². The summed E-state index contributed by atoms with van der Waals surface area (Å²) in [6.45, 7) is 0. The molecule has 2 aromatic rings. The number of rotatable bonds is 3. The predicted octanol–water partition coefficient (Wildman–Crippen LogP) is 3.86. The Bertz CT molecular complexity index is 714. The molecule has 0 saturated carbocycles. The van der Waals surface area contributed by atoms with Crippen LogP contribution in [-0.4, -0.2) is 15.9 Å². The molecule has 0 atom stereocenters. The number of carbonyl (C=O) groups is 1. The van der Waals surface area contributed by atoms with Gasteiger partial charge in [0.1, 0.15) is 16.3 Å². The van der Waals surface area contributed by atoms with Crippen molar-refractivity contribution in [2.24, 2.45) is 0 Å². The monoisotopic (exact) mass is 326 g/mol. The quantitative estimate of drug-likeness (QED) is 0.661. The molecule has 0 spiro atoms. The van der Waals surface area contributed by atoms with Crippen LogP contribution in [0, 0.1) is 10.1 Å². The van der Waals surface area contributed by atoms with E-state index in [1.54, 1.807) is 0 Å². The zero-order valence-corrected chi connectivity index (χ0v) is 11.9. The summed E-state index contributed by atoms with van der Waals surface area (Å²) in [5.41, 5.74) is -0.112. The van der Waals surface area contributed by atoms with Crippen LogP contribution < -0.4 is 5.32 Å². The molecule has 2 N–H and O–H groups in total. The molecule has 108 valence electrons. The van der Waals surface area contributed by atoms with Crippen LogP contribution in [0.5, 0.6) is 5.75 Å². The summed E-state index contributed by atoms with van der Waals surface area (Å²) in [4.78, 5) is 22.1. The van der Waals surface area contributed by atoms with E-state index in [1.807, 2.05) is 0 Å². The highest BCUT2D eigenvalue weighted by Crippen LogP contribution is 2.29. The van der Waals surface area contributed by atoms with Crippen molar-refractivity contribution < 1.29 is 14.8 Å². The van der Waals surface area contributed by atoms with Gasteiger partial charge in [-0.3, -0.25) is 14.9 Å². The van der Waals surface area contributed by atoms with Gasteiger partial charge in [-0.05, 0) is 24.3 Å². The highest BCUT2D eigenvalue weighted by atomic mass is 35.5. The Balaban J connectivity index is 2.28. The maximum atomic E-state index is 12.1. The highest BCUT2D eigenvalue weighted by molar-refractivity contribution is 6.35. The average Bonchev–Trinajstić information content (AvgIpc) is 2.37. The van der Waals surface area contributed by atoms with Crippen LogP contribution in [0.4, 0.5) is 11.4 Å². The molecule has 1 amide bonds. The van der Waals surface area contributed by atoms with Crippen LogP contribution in [-0.2, 0) is 0 Å². The lowest BCUT2D eigenvalue weighted by Gasteiger charge is -2.08. The number of phenolic OH excluding ortho intramolecular Hbond substituents is 1. The fourth-order valence-electron chi connectivity index (χ4n) is 1.66. The molecule has 0 fully saturated rings. The van der Waals surface area contributed by atoms with Crippen LogP contribution in [0.25, 0.3) is 0 Å². The molecule has 0 unspecified atom stereocenters. The van der Waals surface area contributed by atoms with E-state index in [-0.39, 0.29) is 32.7 Å². The van der Waals surface area contributed by atoms with Gasteiger partial charge < -0.3 is 10.4 Å². The number of phenols is 1. The Morgan fingerprint density at radius 3 is 2.48 bits per heavy atom. The molecule has 6 nitrogen and oxygen atoms in total. The lowest BCUT2D eigenvalue weighted by molar-refractivity contribution is -0.384. The van der Waals surface area contributed by atoms with Crippen LogP contribution in [0.2, 0.25) is 10.0 Å². The second-order valence-electron chi connectivity index (χ2n) is 4.01. The minimum atomic E-state index is -0.650. The lowest BCUT2D eigenvalue weighted by atomic mass is 10.2. The number of halogens is 2. The number of anilines is 1. The molecule has 21 heavy (non-hydrogen) atoms. The first-order chi connectivity index (χ1) is 9.90. The zero-order valence-electron chi connectivity index (χ0n) is 10.3. The Morgan fingerprint density at radius 2 is 1.90 bits per heavy atom.